The topological polar surface area (TPSA) is 70.8 Å². The molecule has 0 bridgehead atoms. The van der Waals surface area contributed by atoms with Crippen LogP contribution in [0, 0.1) is 0 Å². The Morgan fingerprint density at radius 2 is 1.84 bits per heavy atom. The predicted octanol–water partition coefficient (Wildman–Crippen LogP) is 3.04. The molecule has 0 unspecified atom stereocenters. The summed E-state index contributed by atoms with van der Waals surface area (Å²) in [6.45, 7) is 0. The summed E-state index contributed by atoms with van der Waals surface area (Å²) in [4.78, 5) is 12.6. The van der Waals surface area contributed by atoms with E-state index in [-0.39, 0.29) is 0 Å². The molecule has 2 N–H and O–H groups in total. The number of hydrogen-bond donors (Lipinski definition) is 1. The van der Waals surface area contributed by atoms with Crippen LogP contribution in [0.1, 0.15) is 11.1 Å². The van der Waals surface area contributed by atoms with E-state index in [1.807, 2.05) is 30.3 Å². The van der Waals surface area contributed by atoms with Crippen LogP contribution in [0.15, 0.2) is 47.4 Å². The SMILES string of the molecule is COC(=O)[C@@H](N)Cc1cc(OC)cc(OC)c1SCc1ccccc1. The highest BCUT2D eigenvalue weighted by atomic mass is 32.2. The molecular formula is C19H23NO4S. The van der Waals surface area contributed by atoms with E-state index in [1.165, 1.54) is 12.7 Å². The molecule has 0 aliphatic rings. The summed E-state index contributed by atoms with van der Waals surface area (Å²) in [7, 11) is 4.54. The standard InChI is InChI=1S/C19H23NO4S/c1-22-15-9-14(10-16(20)19(21)24-3)18(17(11-15)23-2)25-12-13-7-5-4-6-8-13/h4-9,11,16H,10,12,20H2,1-3H3/t16-/m0/s1. The quantitative estimate of drug-likeness (QED) is 0.576. The van der Waals surface area contributed by atoms with E-state index in [4.69, 9.17) is 19.9 Å². The molecule has 25 heavy (non-hydrogen) atoms. The van der Waals surface area contributed by atoms with Gasteiger partial charge in [0.05, 0.1) is 26.2 Å². The van der Waals surface area contributed by atoms with Crippen molar-refractivity contribution in [2.75, 3.05) is 21.3 Å². The number of hydrogen-bond acceptors (Lipinski definition) is 6. The molecule has 5 nitrogen and oxygen atoms in total. The minimum atomic E-state index is -0.738. The fourth-order valence-corrected chi connectivity index (χ4v) is 3.53. The van der Waals surface area contributed by atoms with Gasteiger partial charge in [0, 0.05) is 11.8 Å². The number of ether oxygens (including phenoxy) is 3. The van der Waals surface area contributed by atoms with Crippen LogP contribution in [0.4, 0.5) is 0 Å². The first-order valence-electron chi connectivity index (χ1n) is 7.84. The minimum absolute atomic E-state index is 0.345. The van der Waals surface area contributed by atoms with E-state index in [1.54, 1.807) is 26.0 Å². The smallest absolute Gasteiger partial charge is 0.322 e. The van der Waals surface area contributed by atoms with Gasteiger partial charge in [-0.3, -0.25) is 4.79 Å². The van der Waals surface area contributed by atoms with Crippen LogP contribution in [0.2, 0.25) is 0 Å². The lowest BCUT2D eigenvalue weighted by molar-refractivity contribution is -0.142. The van der Waals surface area contributed by atoms with Crippen molar-refractivity contribution in [1.82, 2.24) is 0 Å². The van der Waals surface area contributed by atoms with E-state index < -0.39 is 12.0 Å². The predicted molar refractivity (Wildman–Crippen MR) is 99.2 cm³/mol. The Morgan fingerprint density at radius 1 is 1.12 bits per heavy atom. The molecule has 6 heteroatoms. The molecule has 0 aromatic heterocycles. The van der Waals surface area contributed by atoms with Crippen molar-refractivity contribution in [2.45, 2.75) is 23.1 Å². The molecule has 0 saturated heterocycles. The van der Waals surface area contributed by atoms with Crippen LogP contribution >= 0.6 is 11.8 Å². The number of nitrogens with two attached hydrogens (primary N) is 1. The zero-order valence-corrected chi connectivity index (χ0v) is 15.5. The summed E-state index contributed by atoms with van der Waals surface area (Å²) >= 11 is 1.64. The Bertz CT molecular complexity index is 706. The fraction of sp³-hybridized carbons (Fsp3) is 0.316. The first-order chi connectivity index (χ1) is 12.1. The molecule has 1 atom stereocenters. The molecule has 2 aromatic rings. The van der Waals surface area contributed by atoms with Crippen molar-refractivity contribution in [3.05, 3.63) is 53.6 Å². The minimum Gasteiger partial charge on any atom is -0.497 e. The van der Waals surface area contributed by atoms with Crippen LogP contribution in [-0.2, 0) is 21.7 Å². The molecule has 0 fully saturated rings. The average molecular weight is 361 g/mol. The number of benzene rings is 2. The van der Waals surface area contributed by atoms with Gasteiger partial charge in [-0.15, -0.1) is 11.8 Å². The molecule has 2 aromatic carbocycles. The highest BCUT2D eigenvalue weighted by molar-refractivity contribution is 7.98. The Morgan fingerprint density at radius 3 is 2.44 bits per heavy atom. The molecule has 0 amide bonds. The van der Waals surface area contributed by atoms with Gasteiger partial charge >= 0.3 is 5.97 Å². The van der Waals surface area contributed by atoms with Crippen LogP contribution < -0.4 is 15.2 Å². The van der Waals surface area contributed by atoms with E-state index >= 15 is 0 Å². The highest BCUT2D eigenvalue weighted by Crippen LogP contribution is 2.38. The van der Waals surface area contributed by atoms with Crippen molar-refractivity contribution >= 4 is 17.7 Å². The third-order valence-electron chi connectivity index (χ3n) is 3.73. The van der Waals surface area contributed by atoms with E-state index in [0.717, 1.165) is 16.2 Å². The summed E-state index contributed by atoms with van der Waals surface area (Å²) in [6, 6.07) is 13.1. The maximum absolute atomic E-state index is 11.7. The molecule has 2 rings (SSSR count). The Hall–Kier alpha value is -2.18. The van der Waals surface area contributed by atoms with E-state index in [9.17, 15) is 4.79 Å². The highest BCUT2D eigenvalue weighted by Gasteiger charge is 2.20. The zero-order valence-electron chi connectivity index (χ0n) is 14.7. The van der Waals surface area contributed by atoms with Crippen molar-refractivity contribution in [3.63, 3.8) is 0 Å². The second-order valence-electron chi connectivity index (χ2n) is 5.43. The lowest BCUT2D eigenvalue weighted by Crippen LogP contribution is -2.33. The second-order valence-corrected chi connectivity index (χ2v) is 6.41. The van der Waals surface area contributed by atoms with Gasteiger partial charge < -0.3 is 19.9 Å². The van der Waals surface area contributed by atoms with E-state index in [2.05, 4.69) is 12.1 Å². The van der Waals surface area contributed by atoms with Crippen molar-refractivity contribution in [3.8, 4) is 11.5 Å². The summed E-state index contributed by atoms with van der Waals surface area (Å²) in [6.07, 6.45) is 0.345. The maximum atomic E-state index is 11.7. The fourth-order valence-electron chi connectivity index (χ4n) is 2.42. The number of methoxy groups -OCH3 is 3. The Labute approximate surface area is 152 Å². The van der Waals surface area contributed by atoms with Crippen LogP contribution in [0.25, 0.3) is 0 Å². The Kier molecular flexibility index (Phi) is 7.16. The van der Waals surface area contributed by atoms with Crippen molar-refractivity contribution in [1.29, 1.82) is 0 Å². The van der Waals surface area contributed by atoms with Crippen molar-refractivity contribution in [2.24, 2.45) is 5.73 Å². The number of carbonyl (C=O) groups is 1. The first-order valence-corrected chi connectivity index (χ1v) is 8.82. The van der Waals surface area contributed by atoms with E-state index in [0.29, 0.717) is 17.9 Å². The third kappa shape index (κ3) is 5.14. The molecule has 0 heterocycles. The monoisotopic (exact) mass is 361 g/mol. The van der Waals surface area contributed by atoms with Gasteiger partial charge in [0.25, 0.3) is 0 Å². The molecule has 0 aliphatic carbocycles. The summed E-state index contributed by atoms with van der Waals surface area (Å²) < 4.78 is 15.6. The molecular weight excluding hydrogens is 338 g/mol. The Balaban J connectivity index is 2.31. The first kappa shape index (κ1) is 19.1. The molecule has 134 valence electrons. The molecule has 0 spiro atoms. The van der Waals surface area contributed by atoms with Gasteiger partial charge in [0.2, 0.25) is 0 Å². The second kappa shape index (κ2) is 9.34. The summed E-state index contributed by atoms with van der Waals surface area (Å²) in [5.41, 5.74) is 8.05. The van der Waals surface area contributed by atoms with Crippen LogP contribution in [-0.4, -0.2) is 33.3 Å². The van der Waals surface area contributed by atoms with Gasteiger partial charge in [-0.2, -0.15) is 0 Å². The normalized spacial score (nSPS) is 11.7. The zero-order chi connectivity index (χ0) is 18.2. The largest absolute Gasteiger partial charge is 0.497 e. The average Bonchev–Trinajstić information content (AvgIpc) is 2.66. The molecule has 0 aliphatic heterocycles. The molecule has 0 saturated carbocycles. The van der Waals surface area contributed by atoms with Gasteiger partial charge in [-0.1, -0.05) is 30.3 Å². The lowest BCUT2D eigenvalue weighted by atomic mass is 10.1. The van der Waals surface area contributed by atoms with Gasteiger partial charge in [-0.25, -0.2) is 0 Å². The van der Waals surface area contributed by atoms with Gasteiger partial charge in [0.15, 0.2) is 0 Å². The summed E-state index contributed by atoms with van der Waals surface area (Å²) in [5, 5.41) is 0. The lowest BCUT2D eigenvalue weighted by Gasteiger charge is -2.17. The van der Waals surface area contributed by atoms with Crippen LogP contribution in [0.5, 0.6) is 11.5 Å². The van der Waals surface area contributed by atoms with Crippen LogP contribution in [0.3, 0.4) is 0 Å². The summed E-state index contributed by atoms with van der Waals surface area (Å²) in [5.74, 6) is 1.70. The van der Waals surface area contributed by atoms with Gasteiger partial charge in [-0.05, 0) is 23.6 Å². The number of carbonyl (C=O) groups excluding carboxylic acids is 1. The molecule has 0 radical (unpaired) electrons. The van der Waals surface area contributed by atoms with Crippen molar-refractivity contribution < 1.29 is 19.0 Å². The third-order valence-corrected chi connectivity index (χ3v) is 4.96. The number of thioether (sulfide) groups is 1. The number of rotatable bonds is 8. The maximum Gasteiger partial charge on any atom is 0.322 e. The number of esters is 1. The van der Waals surface area contributed by atoms with Gasteiger partial charge in [0.1, 0.15) is 17.5 Å².